The highest BCUT2D eigenvalue weighted by atomic mass is 127. The minimum atomic E-state index is 0.163. The Hall–Kier alpha value is -0.0600. The molecule has 1 aliphatic rings. The first-order chi connectivity index (χ1) is 12.9. The van der Waals surface area contributed by atoms with Gasteiger partial charge in [0.05, 0.1) is 0 Å². The fraction of sp³-hybridized carbons (Fsp3) is 0.875. The normalized spacial score (nSPS) is 28.4. The van der Waals surface area contributed by atoms with E-state index in [1.165, 1.54) is 57.8 Å². The number of alkyl halides is 1. The van der Waals surface area contributed by atoms with E-state index in [2.05, 4.69) is 67.8 Å². The van der Waals surface area contributed by atoms with Gasteiger partial charge in [-0.25, -0.2) is 0 Å². The third-order valence-corrected chi connectivity index (χ3v) is 7.30. The van der Waals surface area contributed by atoms with Gasteiger partial charge in [0.15, 0.2) is 0 Å². The molecule has 0 radical (unpaired) electrons. The maximum Gasteiger partial charge on any atom is 0.223 e. The number of carbonyl (C=O) groups is 1. The summed E-state index contributed by atoms with van der Waals surface area (Å²) in [5.74, 6) is 2.49. The van der Waals surface area contributed by atoms with E-state index in [0.717, 1.165) is 29.2 Å². The van der Waals surface area contributed by atoms with Gasteiger partial charge < -0.3 is 5.32 Å². The monoisotopic (exact) mass is 489 g/mol. The van der Waals surface area contributed by atoms with E-state index < -0.39 is 0 Å². The number of halogens is 1. The zero-order valence-corrected chi connectivity index (χ0v) is 20.5. The Morgan fingerprint density at radius 2 is 1.85 bits per heavy atom. The fourth-order valence-corrected chi connectivity index (χ4v) is 5.15. The number of hydrogen-bond donors (Lipinski definition) is 1. The van der Waals surface area contributed by atoms with Crippen molar-refractivity contribution in [2.24, 2.45) is 23.7 Å². The van der Waals surface area contributed by atoms with E-state index in [9.17, 15) is 4.79 Å². The molecule has 1 aliphatic carbocycles. The Labute approximate surface area is 182 Å². The van der Waals surface area contributed by atoms with Crippen LogP contribution in [0, 0.1) is 23.7 Å². The van der Waals surface area contributed by atoms with Crippen LogP contribution in [0.4, 0.5) is 0 Å². The van der Waals surface area contributed by atoms with Gasteiger partial charge in [-0.15, -0.1) is 0 Å². The van der Waals surface area contributed by atoms with Crippen molar-refractivity contribution in [1.29, 1.82) is 0 Å². The maximum atomic E-state index is 12.7. The van der Waals surface area contributed by atoms with Gasteiger partial charge in [0.2, 0.25) is 5.91 Å². The molecular formula is C24H44INO. The highest BCUT2D eigenvalue weighted by Gasteiger charge is 2.18. The molecule has 0 spiro atoms. The molecule has 5 unspecified atom stereocenters. The molecule has 1 N–H and O–H groups in total. The Balaban J connectivity index is 2.41. The van der Waals surface area contributed by atoms with Crippen molar-refractivity contribution in [3.8, 4) is 0 Å². The second kappa shape index (κ2) is 14.9. The Morgan fingerprint density at radius 3 is 2.59 bits per heavy atom. The summed E-state index contributed by atoms with van der Waals surface area (Å²) in [7, 11) is 0. The molecule has 0 bridgehead atoms. The van der Waals surface area contributed by atoms with Crippen molar-refractivity contribution in [2.45, 2.75) is 102 Å². The van der Waals surface area contributed by atoms with Crippen molar-refractivity contribution in [1.82, 2.24) is 5.32 Å². The third-order valence-electron chi connectivity index (χ3n) is 6.17. The topological polar surface area (TPSA) is 29.1 Å². The van der Waals surface area contributed by atoms with Crippen molar-refractivity contribution in [3.63, 3.8) is 0 Å². The van der Waals surface area contributed by atoms with Crippen LogP contribution in [-0.2, 0) is 4.79 Å². The zero-order valence-electron chi connectivity index (χ0n) is 18.3. The quantitative estimate of drug-likeness (QED) is 0.216. The smallest absolute Gasteiger partial charge is 0.223 e. The highest BCUT2D eigenvalue weighted by molar-refractivity contribution is 14.1. The van der Waals surface area contributed by atoms with Crippen LogP contribution in [0.5, 0.6) is 0 Å². The lowest BCUT2D eigenvalue weighted by Gasteiger charge is -2.20. The van der Waals surface area contributed by atoms with E-state index in [1.54, 1.807) is 0 Å². The SMILES string of the molecule is CCC(C)CCCC(C)CNC(=O)C1C/C=C\C(C)CC(I)CCCCC1. The molecule has 0 aromatic heterocycles. The van der Waals surface area contributed by atoms with Gasteiger partial charge in [0.1, 0.15) is 0 Å². The number of nitrogens with one attached hydrogen (secondary N) is 1. The lowest BCUT2D eigenvalue weighted by molar-refractivity contribution is -0.125. The molecule has 1 amide bonds. The molecule has 0 aromatic carbocycles. The molecule has 2 nitrogen and oxygen atoms in total. The number of amides is 1. The number of carbonyl (C=O) groups excluding carboxylic acids is 1. The van der Waals surface area contributed by atoms with Crippen LogP contribution in [0.25, 0.3) is 0 Å². The predicted octanol–water partition coefficient (Wildman–Crippen LogP) is 7.31. The largest absolute Gasteiger partial charge is 0.356 e. The first-order valence-corrected chi connectivity index (χ1v) is 12.7. The molecule has 0 saturated heterocycles. The van der Waals surface area contributed by atoms with Crippen LogP contribution in [0.1, 0.15) is 98.3 Å². The zero-order chi connectivity index (χ0) is 20.1. The molecular weight excluding hydrogens is 445 g/mol. The van der Waals surface area contributed by atoms with E-state index >= 15 is 0 Å². The van der Waals surface area contributed by atoms with Gasteiger partial charge in [-0.05, 0) is 49.9 Å². The van der Waals surface area contributed by atoms with Crippen molar-refractivity contribution in [2.75, 3.05) is 6.54 Å². The molecule has 3 heteroatoms. The Morgan fingerprint density at radius 1 is 1.15 bits per heavy atom. The van der Waals surface area contributed by atoms with Crippen molar-refractivity contribution >= 4 is 28.5 Å². The first kappa shape index (κ1) is 25.0. The van der Waals surface area contributed by atoms with Gasteiger partial charge in [-0.1, -0.05) is 101 Å². The van der Waals surface area contributed by atoms with Gasteiger partial charge in [-0.3, -0.25) is 4.79 Å². The maximum absolute atomic E-state index is 12.7. The minimum Gasteiger partial charge on any atom is -0.356 e. The highest BCUT2D eigenvalue weighted by Crippen LogP contribution is 2.24. The second-order valence-corrected chi connectivity index (χ2v) is 10.9. The molecule has 5 atom stereocenters. The lowest BCUT2D eigenvalue weighted by atomic mass is 9.92. The molecule has 0 fully saturated rings. The van der Waals surface area contributed by atoms with E-state index in [4.69, 9.17) is 0 Å². The molecule has 158 valence electrons. The minimum absolute atomic E-state index is 0.163. The molecule has 0 aliphatic heterocycles. The summed E-state index contributed by atoms with van der Waals surface area (Å²) in [5, 5.41) is 3.26. The second-order valence-electron chi connectivity index (χ2n) is 9.10. The summed E-state index contributed by atoms with van der Waals surface area (Å²) in [4.78, 5) is 12.7. The molecule has 0 heterocycles. The summed E-state index contributed by atoms with van der Waals surface area (Å²) >= 11 is 2.61. The molecule has 0 aromatic rings. The fourth-order valence-electron chi connectivity index (χ4n) is 3.90. The predicted molar refractivity (Wildman–Crippen MR) is 127 cm³/mol. The standard InChI is InChI=1S/C24H44INO/c1-5-19(2)11-9-13-21(4)18-26-24(27)22-14-7-6-8-16-23(25)17-20(3)12-10-15-22/h10,12,19-23H,5-9,11,13-18H2,1-4H3,(H,26,27)/b12-10-. The summed E-state index contributed by atoms with van der Waals surface area (Å²) in [5.41, 5.74) is 0. The van der Waals surface area contributed by atoms with E-state index in [1.807, 2.05) is 0 Å². The van der Waals surface area contributed by atoms with Gasteiger partial charge in [0, 0.05) is 16.4 Å². The van der Waals surface area contributed by atoms with Crippen LogP contribution >= 0.6 is 22.6 Å². The average molecular weight is 490 g/mol. The van der Waals surface area contributed by atoms with Crippen LogP contribution in [0.2, 0.25) is 0 Å². The average Bonchev–Trinajstić information content (AvgIpc) is 2.63. The Kier molecular flexibility index (Phi) is 13.8. The van der Waals surface area contributed by atoms with E-state index in [-0.39, 0.29) is 11.8 Å². The molecule has 1 rings (SSSR count). The number of hydrogen-bond acceptors (Lipinski definition) is 1. The summed E-state index contributed by atoms with van der Waals surface area (Å²) in [6, 6.07) is 0. The van der Waals surface area contributed by atoms with Gasteiger partial charge in [-0.2, -0.15) is 0 Å². The van der Waals surface area contributed by atoms with Crippen molar-refractivity contribution in [3.05, 3.63) is 12.2 Å². The van der Waals surface area contributed by atoms with Crippen LogP contribution in [0.3, 0.4) is 0 Å². The Bertz CT molecular complexity index is 423. The summed E-state index contributed by atoms with van der Waals surface area (Å²) in [6.07, 6.45) is 18.0. The molecule has 0 saturated carbocycles. The number of rotatable bonds is 8. The lowest BCUT2D eigenvalue weighted by Crippen LogP contribution is -2.33. The van der Waals surface area contributed by atoms with Crippen molar-refractivity contribution < 1.29 is 4.79 Å². The first-order valence-electron chi connectivity index (χ1n) is 11.5. The van der Waals surface area contributed by atoms with Gasteiger partial charge >= 0.3 is 0 Å². The van der Waals surface area contributed by atoms with Crippen LogP contribution in [-0.4, -0.2) is 16.4 Å². The van der Waals surface area contributed by atoms with E-state index in [0.29, 0.717) is 11.8 Å². The summed E-state index contributed by atoms with van der Waals surface area (Å²) < 4.78 is 0.794. The third kappa shape index (κ3) is 12.2. The van der Waals surface area contributed by atoms with Crippen LogP contribution < -0.4 is 5.32 Å². The summed E-state index contributed by atoms with van der Waals surface area (Å²) in [6.45, 7) is 10.0. The van der Waals surface area contributed by atoms with Crippen LogP contribution in [0.15, 0.2) is 12.2 Å². The molecule has 27 heavy (non-hydrogen) atoms. The van der Waals surface area contributed by atoms with Gasteiger partial charge in [0.25, 0.3) is 0 Å². The number of allylic oxidation sites excluding steroid dienone is 2.